The monoisotopic (exact) mass is 409 g/mol. The second kappa shape index (κ2) is 9.80. The minimum absolute atomic E-state index is 0.248. The van der Waals surface area contributed by atoms with Crippen molar-refractivity contribution < 1.29 is 19.1 Å². The topological polar surface area (TPSA) is 89.0 Å². The van der Waals surface area contributed by atoms with Gasteiger partial charge in [0.25, 0.3) is 11.8 Å². The lowest BCUT2D eigenvalue weighted by molar-refractivity contribution is -0.120. The lowest BCUT2D eigenvalue weighted by Gasteiger charge is -2.07. The lowest BCUT2D eigenvalue weighted by atomic mass is 10.2. The first-order chi connectivity index (χ1) is 12.9. The molecule has 9 heteroatoms. The van der Waals surface area contributed by atoms with Crippen molar-refractivity contribution in [3.63, 3.8) is 0 Å². The molecule has 0 bridgehead atoms. The molecular formula is C18H17Cl2N3O4. The number of methoxy groups -OCH3 is 2. The van der Waals surface area contributed by atoms with Crippen LogP contribution in [0.5, 0.6) is 11.5 Å². The molecule has 0 heterocycles. The Morgan fingerprint density at radius 2 is 1.78 bits per heavy atom. The van der Waals surface area contributed by atoms with Crippen LogP contribution in [0.2, 0.25) is 10.0 Å². The average molecular weight is 410 g/mol. The number of halogens is 2. The van der Waals surface area contributed by atoms with Gasteiger partial charge in [0.05, 0.1) is 37.0 Å². The zero-order chi connectivity index (χ0) is 19.8. The number of hydrazone groups is 1. The molecule has 2 aromatic carbocycles. The standard InChI is InChI=1S/C18H17Cl2N3O4/c1-26-15-6-3-11(7-16(15)27-2)9-22-23-17(24)10-21-18(25)12-4-5-13(19)14(20)8-12/h3-9H,10H2,1-2H3,(H,21,25)(H,23,24)/b22-9-. The maximum absolute atomic E-state index is 12.0. The van der Waals surface area contributed by atoms with Crippen molar-refractivity contribution in [1.82, 2.24) is 10.7 Å². The second-order valence-corrected chi connectivity index (χ2v) is 6.03. The van der Waals surface area contributed by atoms with Crippen LogP contribution in [-0.4, -0.2) is 38.8 Å². The van der Waals surface area contributed by atoms with Crippen molar-refractivity contribution in [1.29, 1.82) is 0 Å². The molecule has 2 N–H and O–H groups in total. The quantitative estimate of drug-likeness (QED) is 0.543. The van der Waals surface area contributed by atoms with Crippen LogP contribution in [0.4, 0.5) is 0 Å². The number of hydrogen-bond acceptors (Lipinski definition) is 5. The number of nitrogens with zero attached hydrogens (tertiary/aromatic N) is 1. The molecule has 0 aromatic heterocycles. The fraction of sp³-hybridized carbons (Fsp3) is 0.167. The molecule has 7 nitrogen and oxygen atoms in total. The minimum atomic E-state index is -0.486. The van der Waals surface area contributed by atoms with Crippen LogP contribution in [0.3, 0.4) is 0 Å². The van der Waals surface area contributed by atoms with E-state index in [1.807, 2.05) is 0 Å². The maximum Gasteiger partial charge on any atom is 0.259 e. The van der Waals surface area contributed by atoms with Crippen LogP contribution in [0.25, 0.3) is 0 Å². The summed E-state index contributed by atoms with van der Waals surface area (Å²) in [6.45, 7) is -0.248. The van der Waals surface area contributed by atoms with Gasteiger partial charge in [-0.25, -0.2) is 5.43 Å². The van der Waals surface area contributed by atoms with Crippen LogP contribution < -0.4 is 20.2 Å². The SMILES string of the molecule is COc1ccc(/C=N\NC(=O)CNC(=O)c2ccc(Cl)c(Cl)c2)cc1OC. The normalized spacial score (nSPS) is 10.5. The number of benzene rings is 2. The predicted molar refractivity (Wildman–Crippen MR) is 104 cm³/mol. The summed E-state index contributed by atoms with van der Waals surface area (Å²) >= 11 is 11.7. The van der Waals surface area contributed by atoms with E-state index in [4.69, 9.17) is 32.7 Å². The van der Waals surface area contributed by atoms with E-state index < -0.39 is 11.8 Å². The molecule has 0 unspecified atom stereocenters. The van der Waals surface area contributed by atoms with E-state index in [1.54, 1.807) is 18.2 Å². The molecule has 142 valence electrons. The molecule has 2 amide bonds. The van der Waals surface area contributed by atoms with E-state index >= 15 is 0 Å². The van der Waals surface area contributed by atoms with E-state index in [9.17, 15) is 9.59 Å². The zero-order valence-corrected chi connectivity index (χ0v) is 16.1. The van der Waals surface area contributed by atoms with Gasteiger partial charge in [0, 0.05) is 5.56 Å². The number of hydrogen-bond donors (Lipinski definition) is 2. The van der Waals surface area contributed by atoms with Gasteiger partial charge in [-0.1, -0.05) is 23.2 Å². The third-order valence-corrected chi connectivity index (χ3v) is 4.14. The van der Waals surface area contributed by atoms with Gasteiger partial charge in [-0.2, -0.15) is 5.10 Å². The van der Waals surface area contributed by atoms with Gasteiger partial charge < -0.3 is 14.8 Å². The summed E-state index contributed by atoms with van der Waals surface area (Å²) in [7, 11) is 3.06. The van der Waals surface area contributed by atoms with Gasteiger partial charge >= 0.3 is 0 Å². The summed E-state index contributed by atoms with van der Waals surface area (Å²) in [6.07, 6.45) is 1.45. The maximum atomic E-state index is 12.0. The van der Waals surface area contributed by atoms with Gasteiger partial charge in [0.2, 0.25) is 0 Å². The molecule has 0 radical (unpaired) electrons. The molecule has 2 aromatic rings. The number of amides is 2. The number of carbonyl (C=O) groups excluding carboxylic acids is 2. The van der Waals surface area contributed by atoms with E-state index in [-0.39, 0.29) is 11.6 Å². The van der Waals surface area contributed by atoms with Crippen molar-refractivity contribution in [2.75, 3.05) is 20.8 Å². The summed E-state index contributed by atoms with van der Waals surface area (Å²) in [5, 5.41) is 6.90. The molecule has 0 aliphatic carbocycles. The molecular weight excluding hydrogens is 393 g/mol. The Balaban J connectivity index is 1.86. The number of carbonyl (C=O) groups is 2. The minimum Gasteiger partial charge on any atom is -0.493 e. The molecule has 0 atom stereocenters. The molecule has 0 saturated heterocycles. The smallest absolute Gasteiger partial charge is 0.259 e. The van der Waals surface area contributed by atoms with Crippen LogP contribution in [0, 0.1) is 0 Å². The largest absolute Gasteiger partial charge is 0.493 e. The summed E-state index contributed by atoms with van der Waals surface area (Å²) in [6, 6.07) is 9.62. The van der Waals surface area contributed by atoms with Gasteiger partial charge in [-0.3, -0.25) is 9.59 Å². The van der Waals surface area contributed by atoms with Crippen LogP contribution in [-0.2, 0) is 4.79 Å². The Morgan fingerprint density at radius 3 is 2.44 bits per heavy atom. The second-order valence-electron chi connectivity index (χ2n) is 5.22. The van der Waals surface area contributed by atoms with Crippen LogP contribution in [0.1, 0.15) is 15.9 Å². The first-order valence-electron chi connectivity index (χ1n) is 7.71. The summed E-state index contributed by atoms with van der Waals surface area (Å²) in [5.74, 6) is 0.193. The highest BCUT2D eigenvalue weighted by Crippen LogP contribution is 2.26. The Kier molecular flexibility index (Phi) is 7.45. The number of nitrogens with one attached hydrogen (secondary N) is 2. The molecule has 0 spiro atoms. The highest BCUT2D eigenvalue weighted by atomic mass is 35.5. The van der Waals surface area contributed by atoms with Crippen molar-refractivity contribution in [2.24, 2.45) is 5.10 Å². The van der Waals surface area contributed by atoms with E-state index in [2.05, 4.69) is 15.8 Å². The summed E-state index contributed by atoms with van der Waals surface area (Å²) < 4.78 is 10.3. The Morgan fingerprint density at radius 1 is 1.04 bits per heavy atom. The van der Waals surface area contributed by atoms with Gasteiger partial charge in [0.15, 0.2) is 11.5 Å². The van der Waals surface area contributed by atoms with E-state index in [1.165, 1.54) is 38.6 Å². The van der Waals surface area contributed by atoms with Gasteiger partial charge in [0.1, 0.15) is 0 Å². The summed E-state index contributed by atoms with van der Waals surface area (Å²) in [5.41, 5.74) is 3.32. The highest BCUT2D eigenvalue weighted by Gasteiger charge is 2.09. The van der Waals surface area contributed by atoms with Crippen molar-refractivity contribution >= 4 is 41.2 Å². The summed E-state index contributed by atoms with van der Waals surface area (Å²) in [4.78, 5) is 23.8. The van der Waals surface area contributed by atoms with Crippen LogP contribution >= 0.6 is 23.2 Å². The number of rotatable bonds is 7. The van der Waals surface area contributed by atoms with Crippen LogP contribution in [0.15, 0.2) is 41.5 Å². The van der Waals surface area contributed by atoms with Crippen molar-refractivity contribution in [2.45, 2.75) is 0 Å². The van der Waals surface area contributed by atoms with E-state index in [0.29, 0.717) is 27.6 Å². The first-order valence-corrected chi connectivity index (χ1v) is 8.47. The fourth-order valence-electron chi connectivity index (χ4n) is 2.05. The highest BCUT2D eigenvalue weighted by molar-refractivity contribution is 6.42. The predicted octanol–water partition coefficient (Wildman–Crippen LogP) is 2.89. The number of ether oxygens (including phenoxy) is 2. The molecule has 0 aliphatic heterocycles. The van der Waals surface area contributed by atoms with Crippen molar-refractivity contribution in [3.8, 4) is 11.5 Å². The third kappa shape index (κ3) is 5.87. The van der Waals surface area contributed by atoms with E-state index in [0.717, 1.165) is 0 Å². The fourth-order valence-corrected chi connectivity index (χ4v) is 2.35. The third-order valence-electron chi connectivity index (χ3n) is 3.40. The zero-order valence-electron chi connectivity index (χ0n) is 14.6. The molecule has 27 heavy (non-hydrogen) atoms. The average Bonchev–Trinajstić information content (AvgIpc) is 2.68. The van der Waals surface area contributed by atoms with Gasteiger partial charge in [-0.15, -0.1) is 0 Å². The molecule has 2 rings (SSSR count). The Labute approximate surface area is 166 Å². The van der Waals surface area contributed by atoms with Crippen molar-refractivity contribution in [3.05, 3.63) is 57.6 Å². The molecule has 0 saturated carbocycles. The van der Waals surface area contributed by atoms with Gasteiger partial charge in [-0.05, 0) is 42.0 Å². The Bertz CT molecular complexity index is 872. The first kappa shape index (κ1) is 20.5. The Hall–Kier alpha value is -2.77. The molecule has 0 aliphatic rings. The lowest BCUT2D eigenvalue weighted by Crippen LogP contribution is -2.34. The molecule has 0 fully saturated rings.